The van der Waals surface area contributed by atoms with Crippen LogP contribution in [0.3, 0.4) is 0 Å². The van der Waals surface area contributed by atoms with Gasteiger partial charge in [0.2, 0.25) is 5.95 Å². The van der Waals surface area contributed by atoms with E-state index in [1.165, 1.54) is 0 Å². The molecular formula is C14H15N5O4S. The van der Waals surface area contributed by atoms with Crippen molar-refractivity contribution in [3.05, 3.63) is 22.9 Å². The third-order valence-electron chi connectivity index (χ3n) is 3.69. The Morgan fingerprint density at radius 1 is 1.42 bits per heavy atom. The quantitative estimate of drug-likeness (QED) is 0.691. The van der Waals surface area contributed by atoms with Crippen molar-refractivity contribution in [2.75, 3.05) is 18.0 Å². The molecule has 24 heavy (non-hydrogen) atoms. The molecule has 126 valence electrons. The molecule has 3 rings (SSSR count). The van der Waals surface area contributed by atoms with Crippen LogP contribution < -0.4 is 15.5 Å². The molecule has 0 bridgehead atoms. The van der Waals surface area contributed by atoms with Crippen molar-refractivity contribution in [1.29, 1.82) is 0 Å². The maximum atomic E-state index is 11.6. The number of carbonyl (C=O) groups is 3. The van der Waals surface area contributed by atoms with Crippen molar-refractivity contribution in [1.82, 2.24) is 20.6 Å². The average Bonchev–Trinajstić information content (AvgIpc) is 2.85. The number of thioether (sulfide) groups is 1. The number of aromatic nitrogens is 2. The molecule has 0 radical (unpaired) electrons. The first-order chi connectivity index (χ1) is 11.5. The largest absolute Gasteiger partial charge is 0.465 e. The van der Waals surface area contributed by atoms with E-state index in [1.807, 2.05) is 4.90 Å². The van der Waals surface area contributed by atoms with E-state index in [1.54, 1.807) is 18.3 Å². The maximum Gasteiger partial charge on any atom is 0.404 e. The van der Waals surface area contributed by atoms with Crippen LogP contribution in [-0.2, 0) is 4.79 Å². The third kappa shape index (κ3) is 3.82. The molecule has 2 aliphatic heterocycles. The van der Waals surface area contributed by atoms with E-state index >= 15 is 0 Å². The van der Waals surface area contributed by atoms with Crippen LogP contribution in [0.1, 0.15) is 18.5 Å². The van der Waals surface area contributed by atoms with Crippen LogP contribution >= 0.6 is 11.8 Å². The highest BCUT2D eigenvalue weighted by Gasteiger charge is 2.26. The van der Waals surface area contributed by atoms with E-state index in [2.05, 4.69) is 20.6 Å². The van der Waals surface area contributed by atoms with Gasteiger partial charge >= 0.3 is 6.09 Å². The van der Waals surface area contributed by atoms with E-state index < -0.39 is 17.2 Å². The van der Waals surface area contributed by atoms with Crippen molar-refractivity contribution in [3.63, 3.8) is 0 Å². The van der Waals surface area contributed by atoms with Gasteiger partial charge in [-0.3, -0.25) is 14.9 Å². The Hall–Kier alpha value is -2.62. The van der Waals surface area contributed by atoms with E-state index in [4.69, 9.17) is 5.11 Å². The highest BCUT2D eigenvalue weighted by atomic mass is 32.2. The molecule has 0 aromatic carbocycles. The molecule has 1 aromatic rings. The molecule has 3 N–H and O–H groups in total. The number of carbonyl (C=O) groups excluding carboxylic acids is 2. The number of nitrogens with zero attached hydrogens (tertiary/aromatic N) is 3. The van der Waals surface area contributed by atoms with Crippen LogP contribution in [-0.4, -0.2) is 51.4 Å². The van der Waals surface area contributed by atoms with Gasteiger partial charge in [0.05, 0.1) is 10.6 Å². The summed E-state index contributed by atoms with van der Waals surface area (Å²) in [5, 5.41) is 13.0. The standard InChI is InChI=1S/C14H15N5O4S/c20-11-10(24-14(23)18-11)7-9-1-4-15-12(16-9)19-5-2-8(3-6-19)17-13(21)22/h1,4,7-8,17H,2-3,5-6H2,(H,21,22)(H,18,20,23)/b10-7+. The second-order valence-electron chi connectivity index (χ2n) is 5.34. The first-order valence-corrected chi connectivity index (χ1v) is 8.15. The minimum absolute atomic E-state index is 0.0614. The van der Waals surface area contributed by atoms with E-state index in [0.29, 0.717) is 42.5 Å². The van der Waals surface area contributed by atoms with Gasteiger partial charge in [0.15, 0.2) is 0 Å². The predicted molar refractivity (Wildman–Crippen MR) is 87.5 cm³/mol. The number of rotatable bonds is 3. The third-order valence-corrected chi connectivity index (χ3v) is 4.50. The van der Waals surface area contributed by atoms with Gasteiger partial charge in [-0.15, -0.1) is 0 Å². The number of piperidine rings is 1. The molecule has 10 heteroatoms. The number of nitrogens with one attached hydrogen (secondary N) is 2. The van der Waals surface area contributed by atoms with E-state index in [9.17, 15) is 14.4 Å². The molecule has 0 atom stereocenters. The number of hydrogen-bond donors (Lipinski definition) is 3. The Morgan fingerprint density at radius 3 is 2.79 bits per heavy atom. The number of amides is 3. The number of hydrogen-bond acceptors (Lipinski definition) is 7. The highest BCUT2D eigenvalue weighted by Crippen LogP contribution is 2.25. The van der Waals surface area contributed by atoms with Crippen molar-refractivity contribution in [2.24, 2.45) is 0 Å². The molecule has 0 unspecified atom stereocenters. The van der Waals surface area contributed by atoms with Gasteiger partial charge in [-0.1, -0.05) is 0 Å². The first kappa shape index (κ1) is 16.2. The van der Waals surface area contributed by atoms with Gasteiger partial charge in [-0.2, -0.15) is 0 Å². The summed E-state index contributed by atoms with van der Waals surface area (Å²) >= 11 is 0.840. The van der Waals surface area contributed by atoms with E-state index in [0.717, 1.165) is 11.8 Å². The summed E-state index contributed by atoms with van der Waals surface area (Å²) in [6.45, 7) is 1.28. The van der Waals surface area contributed by atoms with E-state index in [-0.39, 0.29) is 6.04 Å². The second-order valence-corrected chi connectivity index (χ2v) is 6.36. The summed E-state index contributed by atoms with van der Waals surface area (Å²) in [5.41, 5.74) is 0.540. The smallest absolute Gasteiger partial charge is 0.404 e. The molecule has 0 saturated carbocycles. The molecule has 2 aliphatic rings. The lowest BCUT2D eigenvalue weighted by atomic mass is 10.1. The molecule has 1 aromatic heterocycles. The van der Waals surface area contributed by atoms with Gasteiger partial charge in [0.1, 0.15) is 0 Å². The normalized spacial score (nSPS) is 20.3. The van der Waals surface area contributed by atoms with Crippen molar-refractivity contribution < 1.29 is 19.5 Å². The molecule has 0 spiro atoms. The predicted octanol–water partition coefficient (Wildman–Crippen LogP) is 1.04. The molecule has 9 nitrogen and oxygen atoms in total. The van der Waals surface area contributed by atoms with Crippen LogP contribution in [0.4, 0.5) is 15.5 Å². The fraction of sp³-hybridized carbons (Fsp3) is 0.357. The average molecular weight is 349 g/mol. The molecule has 2 saturated heterocycles. The zero-order valence-corrected chi connectivity index (χ0v) is 13.4. The lowest BCUT2D eigenvalue weighted by Crippen LogP contribution is -2.44. The van der Waals surface area contributed by atoms with Crippen LogP contribution in [0.2, 0.25) is 0 Å². The SMILES string of the molecule is O=C(O)NC1CCN(c2nccc(/C=C3/SC(=O)NC3=O)n2)CC1. The van der Waals surface area contributed by atoms with Crippen LogP contribution in [0, 0.1) is 0 Å². The fourth-order valence-electron chi connectivity index (χ4n) is 2.55. The van der Waals surface area contributed by atoms with Crippen LogP contribution in [0.25, 0.3) is 6.08 Å². The zero-order chi connectivity index (χ0) is 17.1. The van der Waals surface area contributed by atoms with Crippen molar-refractivity contribution >= 4 is 41.0 Å². The Kier molecular flexibility index (Phi) is 4.65. The first-order valence-electron chi connectivity index (χ1n) is 7.33. The van der Waals surface area contributed by atoms with Crippen molar-refractivity contribution in [2.45, 2.75) is 18.9 Å². The van der Waals surface area contributed by atoms with Crippen LogP contribution in [0.5, 0.6) is 0 Å². The summed E-state index contributed by atoms with van der Waals surface area (Å²) in [7, 11) is 0. The Labute approximate surface area is 141 Å². The van der Waals surface area contributed by atoms with Gasteiger partial charge in [0, 0.05) is 25.3 Å². The topological polar surface area (TPSA) is 125 Å². The van der Waals surface area contributed by atoms with Crippen LogP contribution in [0.15, 0.2) is 17.2 Å². The second kappa shape index (κ2) is 6.87. The van der Waals surface area contributed by atoms with Gasteiger partial charge < -0.3 is 15.3 Å². The molecular weight excluding hydrogens is 334 g/mol. The molecule has 3 heterocycles. The monoisotopic (exact) mass is 349 g/mol. The Morgan fingerprint density at radius 2 is 2.17 bits per heavy atom. The summed E-state index contributed by atoms with van der Waals surface area (Å²) in [6, 6.07) is 1.60. The molecule has 0 aliphatic carbocycles. The summed E-state index contributed by atoms with van der Waals surface area (Å²) in [6.07, 6.45) is 3.48. The minimum Gasteiger partial charge on any atom is -0.465 e. The summed E-state index contributed by atoms with van der Waals surface area (Å²) in [4.78, 5) is 44.3. The lowest BCUT2D eigenvalue weighted by molar-refractivity contribution is -0.115. The Bertz CT molecular complexity index is 715. The number of imide groups is 1. The summed E-state index contributed by atoms with van der Waals surface area (Å²) < 4.78 is 0. The molecule has 2 fully saturated rings. The summed E-state index contributed by atoms with van der Waals surface area (Å²) in [5.74, 6) is 0.0959. The number of anilines is 1. The minimum atomic E-state index is -1.01. The number of carboxylic acid groups (broad SMARTS) is 1. The zero-order valence-electron chi connectivity index (χ0n) is 12.6. The fourth-order valence-corrected chi connectivity index (χ4v) is 3.22. The van der Waals surface area contributed by atoms with Gasteiger partial charge in [0.25, 0.3) is 11.1 Å². The van der Waals surface area contributed by atoms with Gasteiger partial charge in [-0.05, 0) is 36.7 Å². The lowest BCUT2D eigenvalue weighted by Gasteiger charge is -2.31. The van der Waals surface area contributed by atoms with Gasteiger partial charge in [-0.25, -0.2) is 14.8 Å². The molecule has 3 amide bonds. The highest BCUT2D eigenvalue weighted by molar-refractivity contribution is 8.18. The maximum absolute atomic E-state index is 11.6. The Balaban J connectivity index is 1.68. The van der Waals surface area contributed by atoms with Crippen molar-refractivity contribution in [3.8, 4) is 0 Å².